The third-order valence-electron chi connectivity index (χ3n) is 3.62. The normalized spacial score (nSPS) is 12.3. The second-order valence-corrected chi connectivity index (χ2v) is 7.74. The van der Waals surface area contributed by atoms with Gasteiger partial charge in [-0.25, -0.2) is 13.2 Å². The van der Waals surface area contributed by atoms with Crippen molar-refractivity contribution in [1.82, 2.24) is 5.32 Å². The fourth-order valence-electron chi connectivity index (χ4n) is 2.17. The van der Waals surface area contributed by atoms with Crippen LogP contribution in [0.5, 0.6) is 0 Å². The van der Waals surface area contributed by atoms with Gasteiger partial charge in [-0.15, -0.1) is 0 Å². The Morgan fingerprint density at radius 2 is 1.92 bits per heavy atom. The number of primary amides is 1. The van der Waals surface area contributed by atoms with Crippen molar-refractivity contribution in [2.24, 2.45) is 5.73 Å². The molecule has 140 valence electrons. The van der Waals surface area contributed by atoms with Crippen LogP contribution in [-0.2, 0) is 14.8 Å². The molecule has 1 rings (SSSR count). The molecule has 0 aliphatic heterocycles. The third kappa shape index (κ3) is 7.00. The van der Waals surface area contributed by atoms with Crippen molar-refractivity contribution in [3.63, 3.8) is 0 Å². The van der Waals surface area contributed by atoms with E-state index in [4.69, 9.17) is 5.73 Å². The molecule has 0 aromatic heterocycles. The van der Waals surface area contributed by atoms with Crippen molar-refractivity contribution in [3.05, 3.63) is 23.8 Å². The van der Waals surface area contributed by atoms with Crippen molar-refractivity contribution < 1.29 is 18.0 Å². The van der Waals surface area contributed by atoms with E-state index in [2.05, 4.69) is 15.4 Å². The van der Waals surface area contributed by atoms with Gasteiger partial charge in [0.25, 0.3) is 0 Å². The first-order valence-electron chi connectivity index (χ1n) is 8.16. The molecule has 5 N–H and O–H groups in total. The van der Waals surface area contributed by atoms with Gasteiger partial charge in [-0.05, 0) is 44.0 Å². The van der Waals surface area contributed by atoms with Gasteiger partial charge in [0, 0.05) is 5.69 Å². The van der Waals surface area contributed by atoms with E-state index in [1.54, 1.807) is 32.0 Å². The zero-order chi connectivity index (χ0) is 19.0. The topological polar surface area (TPSA) is 130 Å². The summed E-state index contributed by atoms with van der Waals surface area (Å²) in [4.78, 5) is 23.4. The van der Waals surface area contributed by atoms with E-state index in [1.165, 1.54) is 0 Å². The number of nitrogens with two attached hydrogens (primary N) is 1. The molecule has 0 heterocycles. The maximum absolute atomic E-state index is 12.3. The number of urea groups is 1. The number of carbonyl (C=O) groups is 2. The van der Waals surface area contributed by atoms with Crippen molar-refractivity contribution >= 4 is 33.3 Å². The monoisotopic (exact) mass is 370 g/mol. The number of carbonyl (C=O) groups excluding carboxylic acids is 2. The lowest BCUT2D eigenvalue weighted by Gasteiger charge is -2.18. The summed E-state index contributed by atoms with van der Waals surface area (Å²) in [5.41, 5.74) is 6.75. The van der Waals surface area contributed by atoms with E-state index < -0.39 is 22.1 Å². The fraction of sp³-hybridized carbons (Fsp3) is 0.500. The van der Waals surface area contributed by atoms with Crippen molar-refractivity contribution in [3.8, 4) is 0 Å². The molecule has 0 spiro atoms. The number of sulfonamides is 1. The van der Waals surface area contributed by atoms with Gasteiger partial charge in [-0.1, -0.05) is 19.8 Å². The number of anilines is 2. The second-order valence-electron chi connectivity index (χ2n) is 5.73. The number of aryl methyl sites for hydroxylation is 1. The molecule has 9 heteroatoms. The summed E-state index contributed by atoms with van der Waals surface area (Å²) >= 11 is 0. The van der Waals surface area contributed by atoms with Gasteiger partial charge in [0.1, 0.15) is 6.04 Å². The molecule has 25 heavy (non-hydrogen) atoms. The third-order valence-corrected chi connectivity index (χ3v) is 4.91. The lowest BCUT2D eigenvalue weighted by atomic mass is 10.1. The van der Waals surface area contributed by atoms with Crippen LogP contribution in [0.25, 0.3) is 0 Å². The molecule has 0 unspecified atom stereocenters. The van der Waals surface area contributed by atoms with E-state index in [0.717, 1.165) is 12.8 Å². The standard InChI is InChI=1S/C16H26N4O4S/c1-4-6-7-14(19-16(17)22)15(21)18-12-8-9-13(11(3)10-12)20-25(23,24)5-2/h8-10,14,20H,4-7H2,1-3H3,(H,18,21)(H3,17,19,22)/t14-/m1/s1. The summed E-state index contributed by atoms with van der Waals surface area (Å²) in [7, 11) is -3.37. The molecule has 0 radical (unpaired) electrons. The molecular weight excluding hydrogens is 344 g/mol. The van der Waals surface area contributed by atoms with Crippen molar-refractivity contribution in [1.29, 1.82) is 0 Å². The Morgan fingerprint density at radius 1 is 1.24 bits per heavy atom. The Balaban J connectivity index is 2.85. The quantitative estimate of drug-likeness (QED) is 0.529. The van der Waals surface area contributed by atoms with E-state index in [-0.39, 0.29) is 11.7 Å². The number of benzene rings is 1. The molecule has 0 saturated heterocycles. The molecule has 0 fully saturated rings. The number of unbranched alkanes of at least 4 members (excludes halogenated alkanes) is 1. The van der Waals surface area contributed by atoms with E-state index in [9.17, 15) is 18.0 Å². The van der Waals surface area contributed by atoms with Crippen LogP contribution in [0.3, 0.4) is 0 Å². The summed E-state index contributed by atoms with van der Waals surface area (Å²) in [6.45, 7) is 5.27. The summed E-state index contributed by atoms with van der Waals surface area (Å²) in [5, 5.41) is 5.15. The molecule has 0 bridgehead atoms. The molecule has 1 aromatic carbocycles. The first-order valence-corrected chi connectivity index (χ1v) is 9.81. The Labute approximate surface area is 148 Å². The highest BCUT2D eigenvalue weighted by Crippen LogP contribution is 2.21. The summed E-state index contributed by atoms with van der Waals surface area (Å²) in [6, 6.07) is 3.38. The fourth-order valence-corrected chi connectivity index (χ4v) is 2.88. The van der Waals surface area contributed by atoms with Gasteiger partial charge in [0.05, 0.1) is 11.4 Å². The van der Waals surface area contributed by atoms with Gasteiger partial charge in [-0.2, -0.15) is 0 Å². The van der Waals surface area contributed by atoms with Crippen LogP contribution in [0.4, 0.5) is 16.2 Å². The minimum Gasteiger partial charge on any atom is -0.352 e. The minimum absolute atomic E-state index is 0.0250. The Kier molecular flexibility index (Phi) is 7.69. The van der Waals surface area contributed by atoms with E-state index >= 15 is 0 Å². The minimum atomic E-state index is -3.37. The maximum atomic E-state index is 12.3. The number of hydrogen-bond donors (Lipinski definition) is 4. The lowest BCUT2D eigenvalue weighted by molar-refractivity contribution is -0.118. The molecule has 0 aliphatic carbocycles. The predicted octanol–water partition coefficient (Wildman–Crippen LogP) is 1.92. The smallest absolute Gasteiger partial charge is 0.312 e. The maximum Gasteiger partial charge on any atom is 0.312 e. The number of nitrogens with one attached hydrogen (secondary N) is 3. The Hall–Kier alpha value is -2.29. The zero-order valence-electron chi connectivity index (χ0n) is 14.8. The van der Waals surface area contributed by atoms with Crippen LogP contribution in [-0.4, -0.2) is 32.2 Å². The summed E-state index contributed by atoms with van der Waals surface area (Å²) in [5.74, 6) is -0.392. The average molecular weight is 370 g/mol. The van der Waals surface area contributed by atoms with E-state index in [1.807, 2.05) is 6.92 Å². The van der Waals surface area contributed by atoms with Crippen LogP contribution in [0.15, 0.2) is 18.2 Å². The molecule has 8 nitrogen and oxygen atoms in total. The van der Waals surface area contributed by atoms with Crippen LogP contribution in [0.2, 0.25) is 0 Å². The number of hydrogen-bond acceptors (Lipinski definition) is 4. The Morgan fingerprint density at radius 3 is 2.44 bits per heavy atom. The summed E-state index contributed by atoms with van der Waals surface area (Å²) in [6.07, 6.45) is 2.14. The van der Waals surface area contributed by atoms with Gasteiger partial charge in [-0.3, -0.25) is 9.52 Å². The van der Waals surface area contributed by atoms with E-state index in [0.29, 0.717) is 23.4 Å². The average Bonchev–Trinajstić information content (AvgIpc) is 2.53. The Bertz CT molecular complexity index is 719. The van der Waals surface area contributed by atoms with Gasteiger partial charge in [0.15, 0.2) is 0 Å². The van der Waals surface area contributed by atoms with Crippen LogP contribution in [0, 0.1) is 6.92 Å². The number of rotatable bonds is 9. The second kappa shape index (κ2) is 9.26. The van der Waals surface area contributed by atoms with Crippen molar-refractivity contribution in [2.45, 2.75) is 46.1 Å². The van der Waals surface area contributed by atoms with Crippen LogP contribution < -0.4 is 21.1 Å². The summed E-state index contributed by atoms with van der Waals surface area (Å²) < 4.78 is 25.8. The zero-order valence-corrected chi connectivity index (χ0v) is 15.6. The highest BCUT2D eigenvalue weighted by atomic mass is 32.2. The predicted molar refractivity (Wildman–Crippen MR) is 98.9 cm³/mol. The van der Waals surface area contributed by atoms with Gasteiger partial charge in [0.2, 0.25) is 15.9 Å². The van der Waals surface area contributed by atoms with Crippen LogP contribution in [0.1, 0.15) is 38.7 Å². The SMILES string of the molecule is CCCC[C@@H](NC(N)=O)C(=O)Nc1ccc(NS(=O)(=O)CC)c(C)c1. The molecule has 1 aromatic rings. The first-order chi connectivity index (χ1) is 11.7. The van der Waals surface area contributed by atoms with Crippen molar-refractivity contribution in [2.75, 3.05) is 15.8 Å². The highest BCUT2D eigenvalue weighted by molar-refractivity contribution is 7.92. The van der Waals surface area contributed by atoms with Crippen LogP contribution >= 0.6 is 0 Å². The first kappa shape index (κ1) is 20.8. The van der Waals surface area contributed by atoms with Gasteiger partial charge >= 0.3 is 6.03 Å². The molecule has 0 aliphatic rings. The molecule has 3 amide bonds. The lowest BCUT2D eigenvalue weighted by Crippen LogP contribution is -2.46. The highest BCUT2D eigenvalue weighted by Gasteiger charge is 2.19. The molecule has 0 saturated carbocycles. The van der Waals surface area contributed by atoms with Gasteiger partial charge < -0.3 is 16.4 Å². The number of amides is 3. The molecule has 1 atom stereocenters. The largest absolute Gasteiger partial charge is 0.352 e. The molecular formula is C16H26N4O4S.